The van der Waals surface area contributed by atoms with Crippen LogP contribution in [-0.4, -0.2) is 82.3 Å². The number of carbonyl (C=O) groups excluding carboxylic acids is 2. The summed E-state index contributed by atoms with van der Waals surface area (Å²) in [5.41, 5.74) is 5.32. The highest BCUT2D eigenvalue weighted by Gasteiger charge is 2.28. The Balaban J connectivity index is 4.65. The Bertz CT molecular complexity index is 1580. The van der Waals surface area contributed by atoms with Crippen LogP contribution in [0.3, 0.4) is 0 Å². The number of carbonyl (C=O) groups is 3. The van der Waals surface area contributed by atoms with Gasteiger partial charge in [0.2, 0.25) is 0 Å². The number of esters is 2. The molecule has 0 heterocycles. The van der Waals surface area contributed by atoms with Gasteiger partial charge >= 0.3 is 25.7 Å². The molecule has 14 heteroatoms. The first kappa shape index (κ1) is 59.8. The van der Waals surface area contributed by atoms with Crippen LogP contribution in [0.2, 0.25) is 0 Å². The molecule has 360 valence electrons. The SMILES string of the molecule is CC/C=C\C[C@@H](O)/C=C/C=C\C=C\[C@@H](O)C/C=C\C/C=C\CCC(=O)OC[C@H](COP(=O)(O)OC[C@H](N)C(=O)O)OC(=O)CCCCC/C=C\C/C=C\C/C=C\C/C=C\CCCCC. The molecule has 1 unspecified atom stereocenters. The van der Waals surface area contributed by atoms with Crippen LogP contribution >= 0.6 is 7.82 Å². The summed E-state index contributed by atoms with van der Waals surface area (Å²) in [6.07, 6.45) is 50.5. The first-order valence-electron chi connectivity index (χ1n) is 22.8. The van der Waals surface area contributed by atoms with Gasteiger partial charge in [0.1, 0.15) is 12.6 Å². The van der Waals surface area contributed by atoms with E-state index in [9.17, 15) is 34.1 Å². The van der Waals surface area contributed by atoms with E-state index in [-0.39, 0.29) is 12.8 Å². The van der Waals surface area contributed by atoms with Gasteiger partial charge < -0.3 is 35.4 Å². The number of phosphoric acid groups is 1. The number of unbranched alkanes of at least 4 members (excludes halogenated alkanes) is 6. The molecule has 6 N–H and O–H groups in total. The van der Waals surface area contributed by atoms with Crippen LogP contribution in [0, 0.1) is 0 Å². The summed E-state index contributed by atoms with van der Waals surface area (Å²) in [6, 6.07) is -1.56. The molecule has 0 saturated heterocycles. The predicted octanol–water partition coefficient (Wildman–Crippen LogP) is 10.3. The molecule has 0 fully saturated rings. The van der Waals surface area contributed by atoms with Gasteiger partial charge in [0, 0.05) is 12.8 Å². The van der Waals surface area contributed by atoms with E-state index >= 15 is 0 Å². The van der Waals surface area contributed by atoms with Crippen molar-refractivity contribution in [1.82, 2.24) is 0 Å². The van der Waals surface area contributed by atoms with E-state index in [4.69, 9.17) is 24.8 Å². The van der Waals surface area contributed by atoms with Crippen molar-refractivity contribution < 1.29 is 57.7 Å². The van der Waals surface area contributed by atoms with Crippen LogP contribution in [0.1, 0.15) is 129 Å². The van der Waals surface area contributed by atoms with E-state index in [1.54, 1.807) is 36.5 Å². The summed E-state index contributed by atoms with van der Waals surface area (Å²) in [4.78, 5) is 46.0. The van der Waals surface area contributed by atoms with Crippen LogP contribution in [0.25, 0.3) is 0 Å². The number of ether oxygens (including phenoxy) is 2. The normalized spacial score (nSPS) is 15.7. The minimum atomic E-state index is -4.78. The Morgan fingerprint density at radius 1 is 0.578 bits per heavy atom. The highest BCUT2D eigenvalue weighted by Crippen LogP contribution is 2.43. The lowest BCUT2D eigenvalue weighted by molar-refractivity contribution is -0.161. The third-order valence-electron chi connectivity index (χ3n) is 8.87. The number of hydrogen-bond acceptors (Lipinski definition) is 11. The quantitative estimate of drug-likeness (QED) is 0.0127. The van der Waals surface area contributed by atoms with Gasteiger partial charge in [-0.25, -0.2) is 4.57 Å². The van der Waals surface area contributed by atoms with Gasteiger partial charge in [0.15, 0.2) is 6.10 Å². The molecule has 0 aromatic rings. The molecule has 13 nitrogen and oxygen atoms in total. The summed E-state index contributed by atoms with van der Waals surface area (Å²) in [5, 5.41) is 28.9. The van der Waals surface area contributed by atoms with Gasteiger partial charge in [-0.2, -0.15) is 0 Å². The highest BCUT2D eigenvalue weighted by atomic mass is 31.2. The number of phosphoric ester groups is 1. The van der Waals surface area contributed by atoms with Crippen molar-refractivity contribution in [2.45, 2.75) is 154 Å². The van der Waals surface area contributed by atoms with Crippen molar-refractivity contribution in [3.63, 3.8) is 0 Å². The van der Waals surface area contributed by atoms with Crippen LogP contribution in [0.5, 0.6) is 0 Å². The lowest BCUT2D eigenvalue weighted by Gasteiger charge is -2.20. The average molecular weight is 916 g/mol. The number of aliphatic hydroxyl groups excluding tert-OH is 2. The molecule has 0 aliphatic carbocycles. The second-order valence-electron chi connectivity index (χ2n) is 14.8. The molecule has 64 heavy (non-hydrogen) atoms. The number of allylic oxidation sites excluding steroid dienone is 16. The number of aliphatic carboxylic acids is 1. The number of aliphatic hydroxyl groups is 2. The molecule has 5 atom stereocenters. The summed E-state index contributed by atoms with van der Waals surface area (Å²) in [7, 11) is -4.78. The van der Waals surface area contributed by atoms with Gasteiger partial charge in [0.05, 0.1) is 25.4 Å². The number of nitrogens with two attached hydrogens (primary N) is 1. The minimum absolute atomic E-state index is 0.0247. The molecule has 0 aliphatic rings. The average Bonchev–Trinajstić information content (AvgIpc) is 3.26. The van der Waals surface area contributed by atoms with Gasteiger partial charge in [-0.1, -0.05) is 155 Å². The Morgan fingerprint density at radius 3 is 1.62 bits per heavy atom. The molecule has 0 aromatic heterocycles. The van der Waals surface area contributed by atoms with E-state index in [0.717, 1.165) is 51.4 Å². The molecular weight excluding hydrogens is 838 g/mol. The molecule has 0 aliphatic heterocycles. The Hall–Kier alpha value is -4.20. The highest BCUT2D eigenvalue weighted by molar-refractivity contribution is 7.47. The number of carboxylic acids is 1. The van der Waals surface area contributed by atoms with E-state index < -0.39 is 69.9 Å². The number of hydrogen-bond donors (Lipinski definition) is 5. The van der Waals surface area contributed by atoms with Crippen LogP contribution in [0.15, 0.2) is 122 Å². The van der Waals surface area contributed by atoms with Gasteiger partial charge in [0.25, 0.3) is 0 Å². The fraction of sp³-hybridized carbons (Fsp3) is 0.540. The van der Waals surface area contributed by atoms with E-state index in [1.807, 2.05) is 43.4 Å². The zero-order valence-corrected chi connectivity index (χ0v) is 39.2. The molecule has 0 bridgehead atoms. The van der Waals surface area contributed by atoms with Crippen molar-refractivity contribution in [3.05, 3.63) is 122 Å². The molecule has 0 spiro atoms. The largest absolute Gasteiger partial charge is 0.480 e. The summed E-state index contributed by atoms with van der Waals surface area (Å²) < 4.78 is 32.6. The second-order valence-corrected chi connectivity index (χ2v) is 16.3. The van der Waals surface area contributed by atoms with Crippen molar-refractivity contribution in [3.8, 4) is 0 Å². The molecule has 0 saturated carbocycles. The van der Waals surface area contributed by atoms with Crippen molar-refractivity contribution in [2.75, 3.05) is 19.8 Å². The van der Waals surface area contributed by atoms with E-state index in [0.29, 0.717) is 32.1 Å². The Labute approximate surface area is 383 Å². The second kappa shape index (κ2) is 42.7. The predicted molar refractivity (Wildman–Crippen MR) is 256 cm³/mol. The maximum Gasteiger partial charge on any atom is 0.472 e. The third kappa shape index (κ3) is 41.8. The smallest absolute Gasteiger partial charge is 0.472 e. The summed E-state index contributed by atoms with van der Waals surface area (Å²) in [6.45, 7) is 2.35. The monoisotopic (exact) mass is 916 g/mol. The first-order chi connectivity index (χ1) is 30.9. The summed E-state index contributed by atoms with van der Waals surface area (Å²) >= 11 is 0. The molecular formula is C50H78NO12P. The fourth-order valence-electron chi connectivity index (χ4n) is 5.25. The Morgan fingerprint density at radius 2 is 1.08 bits per heavy atom. The molecule has 0 amide bonds. The zero-order chi connectivity index (χ0) is 47.4. The van der Waals surface area contributed by atoms with Gasteiger partial charge in [-0.15, -0.1) is 0 Å². The van der Waals surface area contributed by atoms with Gasteiger partial charge in [-0.3, -0.25) is 23.4 Å². The lowest BCUT2D eigenvalue weighted by atomic mass is 10.1. The van der Waals surface area contributed by atoms with Crippen molar-refractivity contribution in [2.24, 2.45) is 5.73 Å². The van der Waals surface area contributed by atoms with Crippen LogP contribution in [0.4, 0.5) is 0 Å². The molecule has 0 radical (unpaired) electrons. The third-order valence-corrected chi connectivity index (χ3v) is 9.82. The topological polar surface area (TPSA) is 212 Å². The molecule has 0 rings (SSSR count). The number of rotatable bonds is 40. The maximum absolute atomic E-state index is 12.6. The van der Waals surface area contributed by atoms with Crippen LogP contribution < -0.4 is 5.73 Å². The van der Waals surface area contributed by atoms with Crippen molar-refractivity contribution >= 4 is 25.7 Å². The van der Waals surface area contributed by atoms with E-state index in [2.05, 4.69) is 60.1 Å². The standard InChI is InChI=1S/C50H78NO12P/c1-3-5-7-8-9-10-11-12-13-14-15-16-17-18-19-20-21-26-34-40-49(55)63-46(42-61-64(58,59)62-43-47(51)50(56)57)41-60-48(54)39-33-25-23-22-24-30-36-45(53)38-32-28-27-31-37-44(52)35-29-6-4-2/h6,9-10,12-13,15-16,18-19,23-25,27-32,37-38,44-47,52-53H,3-5,7-8,11,14,17,20-22,26,33-36,39-43,51H2,1-2H3,(H,56,57)(H,58,59)/b10-9-,13-12-,16-15-,19-18-,25-23-,28-27-,29-6-,30-24-,37-31+,38-32+/t44-,45+,46-,47+/m1/s1. The maximum atomic E-state index is 12.6. The van der Waals surface area contributed by atoms with Crippen molar-refractivity contribution in [1.29, 1.82) is 0 Å². The minimum Gasteiger partial charge on any atom is -0.480 e. The van der Waals surface area contributed by atoms with Gasteiger partial charge in [-0.05, 0) is 83.5 Å². The van der Waals surface area contributed by atoms with E-state index in [1.165, 1.54) is 19.3 Å². The summed E-state index contributed by atoms with van der Waals surface area (Å²) in [5.74, 6) is -2.63. The Kier molecular flexibility index (Phi) is 39.9. The first-order valence-corrected chi connectivity index (χ1v) is 24.3. The number of carboxylic acid groups (broad SMARTS) is 1. The molecule has 0 aromatic carbocycles. The lowest BCUT2D eigenvalue weighted by Crippen LogP contribution is -2.34. The fourth-order valence-corrected chi connectivity index (χ4v) is 6.03. The zero-order valence-electron chi connectivity index (χ0n) is 38.3. The van der Waals surface area contributed by atoms with Crippen LogP contribution in [-0.2, 0) is 37.5 Å².